The summed E-state index contributed by atoms with van der Waals surface area (Å²) in [5.41, 5.74) is 6.14. The summed E-state index contributed by atoms with van der Waals surface area (Å²) in [4.78, 5) is 11.6. The number of nitrogen functional groups attached to an aromatic ring is 1. The zero-order valence-electron chi connectivity index (χ0n) is 7.08. The molecule has 0 unspecified atom stereocenters. The van der Waals surface area contributed by atoms with Crippen molar-refractivity contribution in [1.29, 1.82) is 0 Å². The number of nitrogens with zero attached hydrogens (tertiary/aromatic N) is 2. The van der Waals surface area contributed by atoms with Crippen molar-refractivity contribution in [3.8, 4) is 0 Å². The minimum atomic E-state index is -0.191. The van der Waals surface area contributed by atoms with Gasteiger partial charge in [-0.15, -0.1) is 12.4 Å². The summed E-state index contributed by atoms with van der Waals surface area (Å²) in [6, 6.07) is 3.33. The average molecular weight is 230 g/mol. The number of aromatic nitrogens is 2. The largest absolute Gasteiger partial charge is 0.383 e. The molecule has 0 fully saturated rings. The van der Waals surface area contributed by atoms with Crippen molar-refractivity contribution in [2.24, 2.45) is 0 Å². The van der Waals surface area contributed by atoms with Crippen LogP contribution in [0.3, 0.4) is 0 Å². The monoisotopic (exact) mass is 229 g/mol. The first kappa shape index (κ1) is 10.7. The number of nitrogens with two attached hydrogens (primary N) is 1. The first-order chi connectivity index (χ1) is 6.29. The Morgan fingerprint density at radius 1 is 1.50 bits per heavy atom. The predicted molar refractivity (Wildman–Crippen MR) is 57.9 cm³/mol. The summed E-state index contributed by atoms with van der Waals surface area (Å²) in [5, 5.41) is 7.43. The highest BCUT2D eigenvalue weighted by atomic mass is 35.5. The van der Waals surface area contributed by atoms with Gasteiger partial charge in [0.25, 0.3) is 5.91 Å². The van der Waals surface area contributed by atoms with E-state index in [0.717, 1.165) is 0 Å². The maximum Gasteiger partial charge on any atom is 0.280 e. The molecule has 0 atom stereocenters. The molecule has 6 heteroatoms. The van der Waals surface area contributed by atoms with Gasteiger partial charge in [0.1, 0.15) is 5.82 Å². The number of hydrogen-bond donors (Lipinski definition) is 1. The Morgan fingerprint density at radius 2 is 2.29 bits per heavy atom. The molecule has 0 bridgehead atoms. The van der Waals surface area contributed by atoms with Crippen molar-refractivity contribution in [2.45, 2.75) is 0 Å². The van der Waals surface area contributed by atoms with Crippen molar-refractivity contribution in [3.05, 3.63) is 34.7 Å². The molecule has 0 amide bonds. The van der Waals surface area contributed by atoms with Crippen molar-refractivity contribution >= 4 is 35.5 Å². The highest BCUT2D eigenvalue weighted by Crippen LogP contribution is 2.10. The summed E-state index contributed by atoms with van der Waals surface area (Å²) in [6.07, 6.45) is 1.50. The molecule has 0 radical (unpaired) electrons. The van der Waals surface area contributed by atoms with Gasteiger partial charge in [0, 0.05) is 11.4 Å². The Morgan fingerprint density at radius 3 is 2.79 bits per heavy atom. The molecule has 2 N–H and O–H groups in total. The van der Waals surface area contributed by atoms with E-state index in [1.54, 1.807) is 17.5 Å². The minimum absolute atomic E-state index is 0. The maximum atomic E-state index is 11.6. The number of carbonyl (C=O) groups excluding carboxylic acids is 1. The molecule has 2 aromatic rings. The van der Waals surface area contributed by atoms with Crippen LogP contribution in [0.2, 0.25) is 0 Å². The second-order valence-electron chi connectivity index (χ2n) is 2.49. The number of hydrogen-bond acceptors (Lipinski definition) is 4. The van der Waals surface area contributed by atoms with Gasteiger partial charge >= 0.3 is 0 Å². The van der Waals surface area contributed by atoms with Crippen LogP contribution in [-0.2, 0) is 0 Å². The van der Waals surface area contributed by atoms with Crippen molar-refractivity contribution < 1.29 is 4.79 Å². The predicted octanol–water partition coefficient (Wildman–Crippen LogP) is 1.64. The lowest BCUT2D eigenvalue weighted by Gasteiger charge is -1.98. The lowest BCUT2D eigenvalue weighted by molar-refractivity contribution is 0.0948. The van der Waals surface area contributed by atoms with E-state index in [9.17, 15) is 4.79 Å². The summed E-state index contributed by atoms with van der Waals surface area (Å²) < 4.78 is 1.18. The Balaban J connectivity index is 0.000000980. The normalized spacial score (nSPS) is 9.43. The molecular weight excluding hydrogens is 222 g/mol. The zero-order valence-corrected chi connectivity index (χ0v) is 8.72. The summed E-state index contributed by atoms with van der Waals surface area (Å²) >= 11 is 1.47. The minimum Gasteiger partial charge on any atom is -0.383 e. The second-order valence-corrected chi connectivity index (χ2v) is 3.27. The van der Waals surface area contributed by atoms with E-state index in [-0.39, 0.29) is 18.3 Å². The first-order valence-electron chi connectivity index (χ1n) is 3.65. The molecule has 0 spiro atoms. The average Bonchev–Trinajstić information content (AvgIpc) is 2.72. The van der Waals surface area contributed by atoms with Crippen LogP contribution < -0.4 is 5.73 Å². The van der Waals surface area contributed by atoms with Gasteiger partial charge in [-0.2, -0.15) is 21.1 Å². The van der Waals surface area contributed by atoms with Gasteiger partial charge in [0.15, 0.2) is 0 Å². The fraction of sp³-hybridized carbons (Fsp3) is 0. The molecule has 2 rings (SSSR count). The van der Waals surface area contributed by atoms with Crippen LogP contribution in [0.4, 0.5) is 5.82 Å². The van der Waals surface area contributed by atoms with E-state index < -0.39 is 0 Å². The van der Waals surface area contributed by atoms with E-state index in [1.807, 2.05) is 5.38 Å². The van der Waals surface area contributed by atoms with Crippen LogP contribution in [0.5, 0.6) is 0 Å². The van der Waals surface area contributed by atoms with Gasteiger partial charge in [-0.25, -0.2) is 0 Å². The van der Waals surface area contributed by atoms with Crippen LogP contribution in [0.25, 0.3) is 0 Å². The molecule has 14 heavy (non-hydrogen) atoms. The van der Waals surface area contributed by atoms with Crippen molar-refractivity contribution in [1.82, 2.24) is 9.78 Å². The fourth-order valence-corrected chi connectivity index (χ4v) is 1.62. The van der Waals surface area contributed by atoms with E-state index in [4.69, 9.17) is 5.73 Å². The molecule has 4 nitrogen and oxygen atoms in total. The van der Waals surface area contributed by atoms with E-state index >= 15 is 0 Å². The molecule has 0 saturated heterocycles. The van der Waals surface area contributed by atoms with Crippen LogP contribution in [-0.4, -0.2) is 15.7 Å². The molecule has 0 aliphatic rings. The summed E-state index contributed by atoms with van der Waals surface area (Å²) in [7, 11) is 0. The van der Waals surface area contributed by atoms with Crippen LogP contribution in [0.15, 0.2) is 29.1 Å². The topological polar surface area (TPSA) is 60.9 Å². The quantitative estimate of drug-likeness (QED) is 0.809. The van der Waals surface area contributed by atoms with Gasteiger partial charge < -0.3 is 5.73 Å². The highest BCUT2D eigenvalue weighted by molar-refractivity contribution is 7.08. The molecule has 0 aliphatic heterocycles. The number of thiophene rings is 1. The fourth-order valence-electron chi connectivity index (χ4n) is 0.992. The van der Waals surface area contributed by atoms with Gasteiger partial charge in [0.05, 0.1) is 11.8 Å². The first-order valence-corrected chi connectivity index (χ1v) is 4.60. The smallest absolute Gasteiger partial charge is 0.280 e. The molecule has 0 aromatic carbocycles. The molecule has 0 saturated carbocycles. The Bertz CT molecular complexity index is 423. The number of halogens is 1. The third-order valence-electron chi connectivity index (χ3n) is 1.63. The SMILES string of the molecule is Cl.Nc1ccnn1C(=O)c1ccsc1. The van der Waals surface area contributed by atoms with Crippen LogP contribution in [0.1, 0.15) is 10.4 Å². The Kier molecular flexibility index (Phi) is 3.27. The van der Waals surface area contributed by atoms with Gasteiger partial charge in [0.2, 0.25) is 0 Å². The third-order valence-corrected chi connectivity index (χ3v) is 2.32. The molecule has 74 valence electrons. The van der Waals surface area contributed by atoms with Crippen molar-refractivity contribution in [2.75, 3.05) is 5.73 Å². The second kappa shape index (κ2) is 4.26. The number of carbonyl (C=O) groups is 1. The van der Waals surface area contributed by atoms with Gasteiger partial charge in [-0.1, -0.05) is 0 Å². The number of rotatable bonds is 1. The maximum absolute atomic E-state index is 11.6. The van der Waals surface area contributed by atoms with Crippen molar-refractivity contribution in [3.63, 3.8) is 0 Å². The van der Waals surface area contributed by atoms with Gasteiger partial charge in [-0.05, 0) is 11.4 Å². The Hall–Kier alpha value is -1.33. The zero-order chi connectivity index (χ0) is 9.26. The Labute approximate surface area is 90.8 Å². The van der Waals surface area contributed by atoms with Gasteiger partial charge in [-0.3, -0.25) is 4.79 Å². The summed E-state index contributed by atoms with van der Waals surface area (Å²) in [5.74, 6) is 0.167. The highest BCUT2D eigenvalue weighted by Gasteiger charge is 2.11. The molecular formula is C8H8ClN3OS. The summed E-state index contributed by atoms with van der Waals surface area (Å²) in [6.45, 7) is 0. The standard InChI is InChI=1S/C8H7N3OS.ClH/c9-7-1-3-10-11(7)8(12)6-2-4-13-5-6;/h1-5H,9H2;1H. The van der Waals surface area contributed by atoms with E-state index in [2.05, 4.69) is 5.10 Å². The van der Waals surface area contributed by atoms with E-state index in [0.29, 0.717) is 11.4 Å². The van der Waals surface area contributed by atoms with E-state index in [1.165, 1.54) is 22.2 Å². The van der Waals surface area contributed by atoms with Crippen LogP contribution >= 0.6 is 23.7 Å². The lowest BCUT2D eigenvalue weighted by atomic mass is 10.3. The van der Waals surface area contributed by atoms with Crippen LogP contribution in [0, 0.1) is 0 Å². The third kappa shape index (κ3) is 1.78. The molecule has 0 aliphatic carbocycles. The molecule has 2 heterocycles. The molecule has 2 aromatic heterocycles. The number of anilines is 1. The lowest BCUT2D eigenvalue weighted by Crippen LogP contribution is -2.14.